The number of rotatable bonds is 6. The molecule has 0 spiro atoms. The first-order valence-corrected chi connectivity index (χ1v) is 13.8. The first-order chi connectivity index (χ1) is 19.0. The Morgan fingerprint density at radius 2 is 1.88 bits per heavy atom. The highest BCUT2D eigenvalue weighted by Crippen LogP contribution is 2.43. The lowest BCUT2D eigenvalue weighted by Gasteiger charge is -2.30. The Labute approximate surface area is 233 Å². The maximum atomic E-state index is 15.5. The lowest BCUT2D eigenvalue weighted by molar-refractivity contribution is -0.161. The Kier molecular flexibility index (Phi) is 7.74. The second-order valence-electron chi connectivity index (χ2n) is 11.6. The molecule has 214 valence electrons. The van der Waals surface area contributed by atoms with Gasteiger partial charge in [0.15, 0.2) is 17.7 Å². The van der Waals surface area contributed by atoms with Crippen LogP contribution in [0.5, 0.6) is 5.75 Å². The summed E-state index contributed by atoms with van der Waals surface area (Å²) < 4.78 is 34.0. The summed E-state index contributed by atoms with van der Waals surface area (Å²) in [6.07, 6.45) is -0.0528. The predicted molar refractivity (Wildman–Crippen MR) is 150 cm³/mol. The van der Waals surface area contributed by atoms with Gasteiger partial charge in [-0.2, -0.15) is 0 Å². The number of ether oxygens (including phenoxy) is 3. The number of hydrogen-bond acceptors (Lipinski definition) is 6. The molecule has 0 bridgehead atoms. The maximum Gasteiger partial charge on any atom is 0.339 e. The summed E-state index contributed by atoms with van der Waals surface area (Å²) in [5.74, 6) is -1.48. The van der Waals surface area contributed by atoms with Gasteiger partial charge in [-0.05, 0) is 74.7 Å². The van der Waals surface area contributed by atoms with Crippen molar-refractivity contribution in [1.82, 2.24) is 9.47 Å². The standard InChI is InChI=1S/C31H37FN2O6/c1-18-20-7-6-12-39-27(20)24(32)16-22(18)25-21-9-8-19(17-34-10-13-38-14-11-34)15-23(21)29(35)33(5)26(25)28(30(36)37)40-31(2,3)4/h8-9,15-16,28H,6-7,10-14,17H2,1-5H3,(H,36,37)/t28-/m0/s1. The molecule has 0 unspecified atom stereocenters. The summed E-state index contributed by atoms with van der Waals surface area (Å²) in [5, 5.41) is 11.3. The number of benzene rings is 2. The second-order valence-corrected chi connectivity index (χ2v) is 11.6. The Hall–Kier alpha value is -3.27. The summed E-state index contributed by atoms with van der Waals surface area (Å²) in [4.78, 5) is 28.8. The summed E-state index contributed by atoms with van der Waals surface area (Å²) in [7, 11) is 1.56. The topological polar surface area (TPSA) is 90.2 Å². The van der Waals surface area contributed by atoms with Crippen molar-refractivity contribution in [2.75, 3.05) is 32.9 Å². The Morgan fingerprint density at radius 1 is 1.15 bits per heavy atom. The molecule has 2 aliphatic heterocycles. The molecule has 1 N–H and O–H groups in total. The van der Waals surface area contributed by atoms with E-state index in [1.54, 1.807) is 27.8 Å². The van der Waals surface area contributed by atoms with Crippen LogP contribution in [-0.4, -0.2) is 59.1 Å². The molecule has 0 saturated carbocycles. The molecule has 2 aliphatic rings. The van der Waals surface area contributed by atoms with Gasteiger partial charge in [-0.25, -0.2) is 9.18 Å². The van der Waals surface area contributed by atoms with Gasteiger partial charge in [0.1, 0.15) is 0 Å². The number of pyridine rings is 1. The van der Waals surface area contributed by atoms with E-state index in [2.05, 4.69) is 4.90 Å². The Bertz CT molecular complexity index is 1520. The van der Waals surface area contributed by atoms with E-state index in [4.69, 9.17) is 14.2 Å². The first kappa shape index (κ1) is 28.3. The summed E-state index contributed by atoms with van der Waals surface area (Å²) >= 11 is 0. The van der Waals surface area contributed by atoms with Gasteiger partial charge in [-0.15, -0.1) is 0 Å². The molecule has 1 saturated heterocycles. The molecule has 9 heteroatoms. The lowest BCUT2D eigenvalue weighted by atomic mass is 9.87. The lowest BCUT2D eigenvalue weighted by Crippen LogP contribution is -2.35. The number of morpholine rings is 1. The Balaban J connectivity index is 1.80. The number of carboxylic acids is 1. The molecule has 0 amide bonds. The third-order valence-electron chi connectivity index (χ3n) is 7.67. The fourth-order valence-corrected chi connectivity index (χ4v) is 5.78. The van der Waals surface area contributed by atoms with E-state index in [-0.39, 0.29) is 17.0 Å². The van der Waals surface area contributed by atoms with Gasteiger partial charge in [0.25, 0.3) is 5.56 Å². The maximum absolute atomic E-state index is 15.5. The van der Waals surface area contributed by atoms with Crippen LogP contribution in [0.25, 0.3) is 21.9 Å². The van der Waals surface area contributed by atoms with Gasteiger partial charge in [0.05, 0.1) is 31.1 Å². The third-order valence-corrected chi connectivity index (χ3v) is 7.67. The van der Waals surface area contributed by atoms with Crippen molar-refractivity contribution >= 4 is 16.7 Å². The van der Waals surface area contributed by atoms with Gasteiger partial charge >= 0.3 is 5.97 Å². The van der Waals surface area contributed by atoms with E-state index < -0.39 is 23.5 Å². The van der Waals surface area contributed by atoms with Crippen molar-refractivity contribution in [1.29, 1.82) is 0 Å². The molecule has 0 aliphatic carbocycles. The van der Waals surface area contributed by atoms with Gasteiger partial charge in [0, 0.05) is 43.2 Å². The van der Waals surface area contributed by atoms with Gasteiger partial charge < -0.3 is 23.9 Å². The van der Waals surface area contributed by atoms with E-state index >= 15 is 4.39 Å². The van der Waals surface area contributed by atoms with Crippen LogP contribution in [0.3, 0.4) is 0 Å². The zero-order valence-corrected chi connectivity index (χ0v) is 23.8. The fraction of sp³-hybridized carbons (Fsp3) is 0.484. The first-order valence-electron chi connectivity index (χ1n) is 13.8. The van der Waals surface area contributed by atoms with Crippen LogP contribution in [0.15, 0.2) is 29.1 Å². The molecule has 5 rings (SSSR count). The zero-order valence-electron chi connectivity index (χ0n) is 23.8. The van der Waals surface area contributed by atoms with Crippen LogP contribution in [-0.2, 0) is 34.3 Å². The third kappa shape index (κ3) is 5.38. The highest BCUT2D eigenvalue weighted by molar-refractivity contribution is 6.00. The van der Waals surface area contributed by atoms with Crippen LogP contribution >= 0.6 is 0 Å². The van der Waals surface area contributed by atoms with Gasteiger partial charge in [-0.3, -0.25) is 9.69 Å². The molecular weight excluding hydrogens is 515 g/mol. The fourth-order valence-electron chi connectivity index (χ4n) is 5.78. The van der Waals surface area contributed by atoms with Gasteiger partial charge in [0.2, 0.25) is 0 Å². The van der Waals surface area contributed by atoms with Crippen molar-refractivity contribution in [3.05, 3.63) is 62.8 Å². The number of aliphatic carboxylic acids is 1. The number of nitrogens with zero attached hydrogens (tertiary/aromatic N) is 2. The number of halogens is 1. The minimum absolute atomic E-state index is 0.181. The van der Waals surface area contributed by atoms with Gasteiger partial charge in [-0.1, -0.05) is 12.1 Å². The predicted octanol–water partition coefficient (Wildman–Crippen LogP) is 4.75. The average molecular weight is 553 g/mol. The Morgan fingerprint density at radius 3 is 2.55 bits per heavy atom. The quantitative estimate of drug-likeness (QED) is 0.472. The molecular formula is C31H37FN2O6. The molecule has 1 atom stereocenters. The van der Waals surface area contributed by atoms with E-state index in [0.29, 0.717) is 54.7 Å². The normalized spacial score (nSPS) is 16.9. The van der Waals surface area contributed by atoms with Crippen molar-refractivity contribution < 1.29 is 28.5 Å². The number of aromatic nitrogens is 1. The molecule has 0 radical (unpaired) electrons. The largest absolute Gasteiger partial charge is 0.490 e. The number of carbonyl (C=O) groups is 1. The van der Waals surface area contributed by atoms with Crippen LogP contribution in [0, 0.1) is 12.7 Å². The molecule has 1 aromatic heterocycles. The van der Waals surface area contributed by atoms with Crippen molar-refractivity contribution in [3.63, 3.8) is 0 Å². The van der Waals surface area contributed by atoms with E-state index in [0.717, 1.165) is 36.2 Å². The minimum atomic E-state index is -1.46. The molecule has 8 nitrogen and oxygen atoms in total. The molecule has 3 heterocycles. The molecule has 3 aromatic rings. The smallest absolute Gasteiger partial charge is 0.339 e. The second kappa shape index (κ2) is 11.0. The number of fused-ring (bicyclic) bond motifs is 2. The summed E-state index contributed by atoms with van der Waals surface area (Å²) in [6, 6.07) is 7.08. The number of hydrogen-bond donors (Lipinski definition) is 1. The average Bonchev–Trinajstić information content (AvgIpc) is 2.92. The van der Waals surface area contributed by atoms with Crippen LogP contribution < -0.4 is 10.3 Å². The molecule has 40 heavy (non-hydrogen) atoms. The van der Waals surface area contributed by atoms with E-state index in [1.807, 2.05) is 25.1 Å². The monoisotopic (exact) mass is 552 g/mol. The van der Waals surface area contributed by atoms with Crippen molar-refractivity contribution in [2.45, 2.75) is 58.8 Å². The number of carboxylic acid groups (broad SMARTS) is 1. The van der Waals surface area contributed by atoms with Crippen LogP contribution in [0.4, 0.5) is 4.39 Å². The van der Waals surface area contributed by atoms with Crippen molar-refractivity contribution in [2.24, 2.45) is 7.05 Å². The highest BCUT2D eigenvalue weighted by atomic mass is 19.1. The van der Waals surface area contributed by atoms with Crippen LogP contribution in [0.1, 0.15) is 55.7 Å². The van der Waals surface area contributed by atoms with Crippen LogP contribution in [0.2, 0.25) is 0 Å². The molecule has 2 aromatic carbocycles. The molecule has 1 fully saturated rings. The minimum Gasteiger partial charge on any atom is -0.490 e. The summed E-state index contributed by atoms with van der Waals surface area (Å²) in [6.45, 7) is 11.2. The summed E-state index contributed by atoms with van der Waals surface area (Å²) in [5.41, 5.74) is 2.57. The van der Waals surface area contributed by atoms with Crippen molar-refractivity contribution in [3.8, 4) is 16.9 Å². The SMILES string of the molecule is Cc1c(-c2c([C@H](OC(C)(C)C)C(=O)O)n(C)c(=O)c3cc(CN4CCOCC4)ccc23)cc(F)c2c1CCCO2. The van der Waals surface area contributed by atoms with E-state index in [9.17, 15) is 14.7 Å². The zero-order chi connectivity index (χ0) is 28.8. The highest BCUT2D eigenvalue weighted by Gasteiger charge is 2.34. The van der Waals surface area contributed by atoms with E-state index in [1.165, 1.54) is 10.6 Å².